The standard InChI is InChI=1S/C25H19N3O2/c29-24-21(16-17-22(26-24)18-10-4-1-5-11-18)25(30)28-27-23(19-12-6-2-7-13-19)20-14-8-3-9-15-20/h1-17H,(H,26,29)(H,28,30). The Bertz CT molecular complexity index is 1190. The zero-order chi connectivity index (χ0) is 20.8. The molecule has 0 atom stereocenters. The van der Waals surface area contributed by atoms with Gasteiger partial charge < -0.3 is 4.98 Å². The Balaban J connectivity index is 1.62. The van der Waals surface area contributed by atoms with E-state index >= 15 is 0 Å². The van der Waals surface area contributed by atoms with Gasteiger partial charge in [0.1, 0.15) is 5.56 Å². The van der Waals surface area contributed by atoms with Gasteiger partial charge in [0.05, 0.1) is 5.71 Å². The lowest BCUT2D eigenvalue weighted by Gasteiger charge is -2.08. The quantitative estimate of drug-likeness (QED) is 0.393. The first-order valence-electron chi connectivity index (χ1n) is 9.50. The maximum atomic E-state index is 12.6. The highest BCUT2D eigenvalue weighted by atomic mass is 16.2. The lowest BCUT2D eigenvalue weighted by atomic mass is 10.0. The molecule has 0 saturated carbocycles. The topological polar surface area (TPSA) is 74.3 Å². The van der Waals surface area contributed by atoms with Gasteiger partial charge in [0.25, 0.3) is 11.5 Å². The largest absolute Gasteiger partial charge is 0.321 e. The van der Waals surface area contributed by atoms with Crippen LogP contribution in [0.2, 0.25) is 0 Å². The molecule has 0 radical (unpaired) electrons. The minimum atomic E-state index is -0.569. The number of carbonyl (C=O) groups is 1. The van der Waals surface area contributed by atoms with Crippen LogP contribution in [0.25, 0.3) is 11.3 Å². The number of nitrogens with one attached hydrogen (secondary N) is 2. The average Bonchev–Trinajstić information content (AvgIpc) is 2.81. The van der Waals surface area contributed by atoms with Crippen LogP contribution in [-0.4, -0.2) is 16.6 Å². The van der Waals surface area contributed by atoms with E-state index in [0.717, 1.165) is 16.7 Å². The van der Waals surface area contributed by atoms with Crippen molar-refractivity contribution in [2.45, 2.75) is 0 Å². The van der Waals surface area contributed by atoms with E-state index in [1.165, 1.54) is 6.07 Å². The SMILES string of the molecule is O=C(NN=C(c1ccccc1)c1ccccc1)c1ccc(-c2ccccc2)[nH]c1=O. The Morgan fingerprint density at radius 3 is 1.77 bits per heavy atom. The van der Waals surface area contributed by atoms with E-state index in [1.54, 1.807) is 6.07 Å². The van der Waals surface area contributed by atoms with Crippen molar-refractivity contribution < 1.29 is 4.79 Å². The number of benzene rings is 3. The van der Waals surface area contributed by atoms with Crippen molar-refractivity contribution in [3.8, 4) is 11.3 Å². The summed E-state index contributed by atoms with van der Waals surface area (Å²) in [6.07, 6.45) is 0. The normalized spacial score (nSPS) is 10.3. The number of carbonyl (C=O) groups excluding carboxylic acids is 1. The molecule has 0 unspecified atom stereocenters. The lowest BCUT2D eigenvalue weighted by molar-refractivity contribution is 0.0953. The number of hydrazone groups is 1. The molecule has 3 aromatic carbocycles. The second-order valence-electron chi connectivity index (χ2n) is 6.61. The minimum Gasteiger partial charge on any atom is -0.321 e. The summed E-state index contributed by atoms with van der Waals surface area (Å²) < 4.78 is 0. The highest BCUT2D eigenvalue weighted by Crippen LogP contribution is 2.15. The van der Waals surface area contributed by atoms with Crippen LogP contribution in [0.5, 0.6) is 0 Å². The first-order valence-corrected chi connectivity index (χ1v) is 9.50. The van der Waals surface area contributed by atoms with E-state index in [1.807, 2.05) is 91.0 Å². The summed E-state index contributed by atoms with van der Waals surface area (Å²) in [7, 11) is 0. The summed E-state index contributed by atoms with van der Waals surface area (Å²) in [5, 5.41) is 4.33. The number of pyridine rings is 1. The summed E-state index contributed by atoms with van der Waals surface area (Å²) in [6.45, 7) is 0. The third-order valence-electron chi connectivity index (χ3n) is 4.60. The van der Waals surface area contributed by atoms with Crippen molar-refractivity contribution in [1.82, 2.24) is 10.4 Å². The van der Waals surface area contributed by atoms with Crippen LogP contribution >= 0.6 is 0 Å². The van der Waals surface area contributed by atoms with Crippen LogP contribution in [-0.2, 0) is 0 Å². The number of H-pyrrole nitrogens is 1. The molecule has 1 heterocycles. The highest BCUT2D eigenvalue weighted by molar-refractivity contribution is 6.13. The van der Waals surface area contributed by atoms with Crippen molar-refractivity contribution in [3.05, 3.63) is 130 Å². The molecule has 146 valence electrons. The Labute approximate surface area is 173 Å². The van der Waals surface area contributed by atoms with Crippen LogP contribution in [0, 0.1) is 0 Å². The van der Waals surface area contributed by atoms with E-state index in [9.17, 15) is 9.59 Å². The molecule has 0 aliphatic carbocycles. The van der Waals surface area contributed by atoms with Gasteiger partial charge in [-0.3, -0.25) is 9.59 Å². The molecule has 4 rings (SSSR count). The van der Waals surface area contributed by atoms with Gasteiger partial charge in [-0.25, -0.2) is 5.43 Å². The predicted octanol–water partition coefficient (Wildman–Crippen LogP) is 4.22. The predicted molar refractivity (Wildman–Crippen MR) is 118 cm³/mol. The van der Waals surface area contributed by atoms with Gasteiger partial charge in [-0.1, -0.05) is 91.0 Å². The lowest BCUT2D eigenvalue weighted by Crippen LogP contribution is -2.27. The number of aromatic nitrogens is 1. The molecule has 0 bridgehead atoms. The van der Waals surface area contributed by atoms with Gasteiger partial charge in [0, 0.05) is 16.8 Å². The third-order valence-corrected chi connectivity index (χ3v) is 4.60. The van der Waals surface area contributed by atoms with E-state index < -0.39 is 11.5 Å². The van der Waals surface area contributed by atoms with Crippen molar-refractivity contribution in [3.63, 3.8) is 0 Å². The molecular formula is C25H19N3O2. The van der Waals surface area contributed by atoms with E-state index in [2.05, 4.69) is 15.5 Å². The fourth-order valence-corrected chi connectivity index (χ4v) is 3.09. The van der Waals surface area contributed by atoms with Crippen molar-refractivity contribution in [2.75, 3.05) is 0 Å². The Hall–Kier alpha value is -4.25. The zero-order valence-corrected chi connectivity index (χ0v) is 16.1. The minimum absolute atomic E-state index is 0.00101. The number of amides is 1. The Morgan fingerprint density at radius 1 is 0.700 bits per heavy atom. The molecule has 0 aliphatic heterocycles. The zero-order valence-electron chi connectivity index (χ0n) is 16.1. The maximum absolute atomic E-state index is 12.6. The summed E-state index contributed by atoms with van der Waals surface area (Å²) in [4.78, 5) is 27.9. The summed E-state index contributed by atoms with van der Waals surface area (Å²) in [5.74, 6) is -0.569. The molecular weight excluding hydrogens is 374 g/mol. The monoisotopic (exact) mass is 393 g/mol. The molecule has 0 aliphatic rings. The van der Waals surface area contributed by atoms with Gasteiger partial charge in [-0.05, 0) is 17.7 Å². The molecule has 5 heteroatoms. The second kappa shape index (κ2) is 8.84. The average molecular weight is 393 g/mol. The molecule has 2 N–H and O–H groups in total. The molecule has 30 heavy (non-hydrogen) atoms. The first kappa shape index (κ1) is 19.1. The molecule has 0 spiro atoms. The smallest absolute Gasteiger partial charge is 0.276 e. The van der Waals surface area contributed by atoms with Crippen LogP contribution in [0.15, 0.2) is 113 Å². The Kier molecular flexibility index (Phi) is 5.62. The molecule has 1 aromatic heterocycles. The van der Waals surface area contributed by atoms with E-state index in [4.69, 9.17) is 0 Å². The van der Waals surface area contributed by atoms with Gasteiger partial charge in [0.2, 0.25) is 0 Å². The van der Waals surface area contributed by atoms with Crippen molar-refractivity contribution >= 4 is 11.6 Å². The van der Waals surface area contributed by atoms with Crippen LogP contribution in [0.4, 0.5) is 0 Å². The molecule has 0 saturated heterocycles. The van der Waals surface area contributed by atoms with Crippen molar-refractivity contribution in [2.24, 2.45) is 5.10 Å². The van der Waals surface area contributed by atoms with Crippen LogP contribution in [0.3, 0.4) is 0 Å². The van der Waals surface area contributed by atoms with Crippen LogP contribution in [0.1, 0.15) is 21.5 Å². The number of aromatic amines is 1. The molecule has 1 amide bonds. The van der Waals surface area contributed by atoms with E-state index in [0.29, 0.717) is 11.4 Å². The number of nitrogens with zero attached hydrogens (tertiary/aromatic N) is 1. The van der Waals surface area contributed by atoms with Gasteiger partial charge in [-0.2, -0.15) is 5.10 Å². The first-order chi connectivity index (χ1) is 14.7. The third kappa shape index (κ3) is 4.25. The fraction of sp³-hybridized carbons (Fsp3) is 0. The highest BCUT2D eigenvalue weighted by Gasteiger charge is 2.13. The molecule has 0 fully saturated rings. The summed E-state index contributed by atoms with van der Waals surface area (Å²) >= 11 is 0. The second-order valence-corrected chi connectivity index (χ2v) is 6.61. The maximum Gasteiger partial charge on any atom is 0.276 e. The Morgan fingerprint density at radius 2 is 1.23 bits per heavy atom. The van der Waals surface area contributed by atoms with Gasteiger partial charge in [-0.15, -0.1) is 0 Å². The summed E-state index contributed by atoms with van der Waals surface area (Å²) in [5.41, 5.74) is 5.91. The van der Waals surface area contributed by atoms with Crippen LogP contribution < -0.4 is 11.0 Å². The fourth-order valence-electron chi connectivity index (χ4n) is 3.09. The number of hydrogen-bond acceptors (Lipinski definition) is 3. The molecule has 5 nitrogen and oxygen atoms in total. The summed E-state index contributed by atoms with van der Waals surface area (Å²) in [6, 6.07) is 31.8. The number of hydrogen-bond donors (Lipinski definition) is 2. The number of rotatable bonds is 5. The van der Waals surface area contributed by atoms with E-state index in [-0.39, 0.29) is 5.56 Å². The van der Waals surface area contributed by atoms with Crippen molar-refractivity contribution in [1.29, 1.82) is 0 Å². The van der Waals surface area contributed by atoms with Gasteiger partial charge in [0.15, 0.2) is 0 Å². The van der Waals surface area contributed by atoms with Gasteiger partial charge >= 0.3 is 0 Å². The molecule has 4 aromatic rings.